The van der Waals surface area contributed by atoms with Crippen molar-refractivity contribution in [3.8, 4) is 0 Å². The fourth-order valence-electron chi connectivity index (χ4n) is 0.264. The molecule has 0 heterocycles. The fourth-order valence-corrected chi connectivity index (χ4v) is 0.264. The number of rotatable bonds is 5. The van der Waals surface area contributed by atoms with Gasteiger partial charge in [0.05, 0.1) is 6.54 Å². The SMILES string of the molecule is NCC(=O)NCONC=O. The van der Waals surface area contributed by atoms with E-state index in [9.17, 15) is 9.59 Å². The summed E-state index contributed by atoms with van der Waals surface area (Å²) in [4.78, 5) is 24.2. The van der Waals surface area contributed by atoms with Crippen molar-refractivity contribution >= 4 is 12.3 Å². The molecule has 0 fully saturated rings. The molecule has 0 aromatic carbocycles. The fraction of sp³-hybridized carbons (Fsp3) is 0.500. The minimum Gasteiger partial charge on any atom is -0.330 e. The first-order valence-electron chi connectivity index (χ1n) is 2.59. The van der Waals surface area contributed by atoms with Gasteiger partial charge in [-0.1, -0.05) is 0 Å². The predicted octanol–water partition coefficient (Wildman–Crippen LogP) is -2.30. The van der Waals surface area contributed by atoms with E-state index >= 15 is 0 Å². The van der Waals surface area contributed by atoms with E-state index in [1.807, 2.05) is 5.48 Å². The maximum absolute atomic E-state index is 10.3. The van der Waals surface area contributed by atoms with Crippen LogP contribution < -0.4 is 16.5 Å². The molecule has 0 aromatic rings. The van der Waals surface area contributed by atoms with Gasteiger partial charge in [0.1, 0.15) is 6.73 Å². The third-order valence-corrected chi connectivity index (χ3v) is 0.658. The molecule has 0 unspecified atom stereocenters. The minimum absolute atomic E-state index is 0.0746. The van der Waals surface area contributed by atoms with Gasteiger partial charge in [0.25, 0.3) is 0 Å². The van der Waals surface area contributed by atoms with Crippen LogP contribution in [0.3, 0.4) is 0 Å². The molecule has 0 bridgehead atoms. The molecule has 0 aliphatic heterocycles. The second-order valence-corrected chi connectivity index (χ2v) is 1.33. The molecule has 0 aliphatic carbocycles. The van der Waals surface area contributed by atoms with Crippen LogP contribution in [0.2, 0.25) is 0 Å². The van der Waals surface area contributed by atoms with Gasteiger partial charge < -0.3 is 11.1 Å². The zero-order valence-corrected chi connectivity index (χ0v) is 5.29. The number of nitrogens with two attached hydrogens (primary N) is 1. The summed E-state index contributed by atoms with van der Waals surface area (Å²) in [5.74, 6) is -0.340. The molecule has 4 N–H and O–H groups in total. The molecule has 0 spiro atoms. The average Bonchev–Trinajstić information content (AvgIpc) is 1.98. The minimum atomic E-state index is -0.340. The highest BCUT2D eigenvalue weighted by molar-refractivity contribution is 5.77. The molecule has 6 nitrogen and oxygen atoms in total. The molecule has 0 radical (unpaired) electrons. The normalized spacial score (nSPS) is 8.50. The van der Waals surface area contributed by atoms with Crippen LogP contribution in [0.5, 0.6) is 0 Å². The van der Waals surface area contributed by atoms with Gasteiger partial charge in [-0.05, 0) is 0 Å². The molecule has 6 heteroatoms. The quantitative estimate of drug-likeness (QED) is 0.176. The summed E-state index contributed by atoms with van der Waals surface area (Å²) in [6.45, 7) is -0.167. The van der Waals surface area contributed by atoms with E-state index in [4.69, 9.17) is 5.73 Å². The standard InChI is InChI=1S/C4H9N3O3/c5-1-4(9)6-3-10-7-2-8/h2H,1,3,5H2,(H,6,9)(H,7,8). The summed E-state index contributed by atoms with van der Waals surface area (Å²) in [5.41, 5.74) is 6.82. The Morgan fingerprint density at radius 3 is 2.90 bits per heavy atom. The maximum Gasteiger partial charge on any atom is 0.235 e. The van der Waals surface area contributed by atoms with Crippen LogP contribution in [0.25, 0.3) is 0 Å². The second kappa shape index (κ2) is 5.99. The van der Waals surface area contributed by atoms with Crippen LogP contribution in [-0.2, 0) is 14.4 Å². The van der Waals surface area contributed by atoms with Crippen molar-refractivity contribution in [2.24, 2.45) is 5.73 Å². The van der Waals surface area contributed by atoms with Gasteiger partial charge in [0.15, 0.2) is 0 Å². The zero-order chi connectivity index (χ0) is 7.82. The Hall–Kier alpha value is -1.14. The lowest BCUT2D eigenvalue weighted by molar-refractivity contribution is -0.127. The monoisotopic (exact) mass is 147 g/mol. The Morgan fingerprint density at radius 1 is 1.70 bits per heavy atom. The highest BCUT2D eigenvalue weighted by Gasteiger charge is 1.92. The van der Waals surface area contributed by atoms with Crippen LogP contribution in [-0.4, -0.2) is 25.6 Å². The molecule has 0 rings (SSSR count). The average molecular weight is 147 g/mol. The molecule has 0 aromatic heterocycles. The van der Waals surface area contributed by atoms with Gasteiger partial charge in [0.2, 0.25) is 12.3 Å². The first-order valence-corrected chi connectivity index (χ1v) is 2.59. The van der Waals surface area contributed by atoms with E-state index in [1.54, 1.807) is 0 Å². The van der Waals surface area contributed by atoms with Crippen molar-refractivity contribution in [1.82, 2.24) is 10.8 Å². The molecule has 2 amide bonds. The lowest BCUT2D eigenvalue weighted by Gasteiger charge is -2.01. The van der Waals surface area contributed by atoms with E-state index in [-0.39, 0.29) is 19.2 Å². The first-order chi connectivity index (χ1) is 4.81. The van der Waals surface area contributed by atoms with E-state index in [0.29, 0.717) is 6.41 Å². The van der Waals surface area contributed by atoms with E-state index in [2.05, 4.69) is 10.2 Å². The highest BCUT2D eigenvalue weighted by Crippen LogP contribution is 1.60. The number of carbonyl (C=O) groups excluding carboxylic acids is 2. The smallest absolute Gasteiger partial charge is 0.235 e. The number of amides is 2. The van der Waals surface area contributed by atoms with Crippen molar-refractivity contribution in [2.45, 2.75) is 0 Å². The van der Waals surface area contributed by atoms with E-state index in [0.717, 1.165) is 0 Å². The summed E-state index contributed by atoms with van der Waals surface area (Å²) in [7, 11) is 0. The number of carbonyl (C=O) groups is 2. The van der Waals surface area contributed by atoms with Crippen molar-refractivity contribution < 1.29 is 14.4 Å². The molecule has 0 aliphatic rings. The Morgan fingerprint density at radius 2 is 2.40 bits per heavy atom. The third-order valence-electron chi connectivity index (χ3n) is 0.658. The number of hydrogen-bond acceptors (Lipinski definition) is 4. The van der Waals surface area contributed by atoms with Crippen LogP contribution in [0, 0.1) is 0 Å². The van der Waals surface area contributed by atoms with Crippen molar-refractivity contribution in [3.63, 3.8) is 0 Å². The largest absolute Gasteiger partial charge is 0.330 e. The van der Waals surface area contributed by atoms with Crippen LogP contribution in [0.1, 0.15) is 0 Å². The number of nitrogens with one attached hydrogen (secondary N) is 2. The Balaban J connectivity index is 3.03. The molecule has 10 heavy (non-hydrogen) atoms. The molecule has 0 saturated carbocycles. The van der Waals surface area contributed by atoms with Gasteiger partial charge in [-0.2, -0.15) is 0 Å². The van der Waals surface area contributed by atoms with Crippen molar-refractivity contribution in [3.05, 3.63) is 0 Å². The summed E-state index contributed by atoms with van der Waals surface area (Å²) in [6, 6.07) is 0. The summed E-state index contributed by atoms with van der Waals surface area (Å²) in [5, 5.41) is 2.26. The topological polar surface area (TPSA) is 93.5 Å². The lowest BCUT2D eigenvalue weighted by atomic mass is 10.6. The summed E-state index contributed by atoms with van der Waals surface area (Å²) < 4.78 is 0. The first kappa shape index (κ1) is 8.86. The molecule has 58 valence electrons. The summed E-state index contributed by atoms with van der Waals surface area (Å²) in [6.07, 6.45) is 0.356. The van der Waals surface area contributed by atoms with Gasteiger partial charge in [-0.25, -0.2) is 5.48 Å². The highest BCUT2D eigenvalue weighted by atomic mass is 16.7. The van der Waals surface area contributed by atoms with Gasteiger partial charge >= 0.3 is 0 Å². The number of hydroxylamine groups is 1. The summed E-state index contributed by atoms with van der Waals surface area (Å²) >= 11 is 0. The molecule has 0 atom stereocenters. The molecular weight excluding hydrogens is 138 g/mol. The molecule has 0 saturated heterocycles. The van der Waals surface area contributed by atoms with Crippen LogP contribution in [0.4, 0.5) is 0 Å². The zero-order valence-electron chi connectivity index (χ0n) is 5.29. The molecular formula is C4H9N3O3. The predicted molar refractivity (Wildman–Crippen MR) is 32.3 cm³/mol. The van der Waals surface area contributed by atoms with Crippen LogP contribution >= 0.6 is 0 Å². The lowest BCUT2D eigenvalue weighted by Crippen LogP contribution is -2.34. The van der Waals surface area contributed by atoms with Gasteiger partial charge in [0, 0.05) is 0 Å². The van der Waals surface area contributed by atoms with Crippen molar-refractivity contribution in [2.75, 3.05) is 13.3 Å². The van der Waals surface area contributed by atoms with Crippen molar-refractivity contribution in [1.29, 1.82) is 0 Å². The van der Waals surface area contributed by atoms with E-state index in [1.165, 1.54) is 0 Å². The third kappa shape index (κ3) is 5.01. The van der Waals surface area contributed by atoms with E-state index < -0.39 is 0 Å². The Kier molecular flexibility index (Phi) is 5.30. The second-order valence-electron chi connectivity index (χ2n) is 1.33. The Bertz CT molecular complexity index is 116. The van der Waals surface area contributed by atoms with Gasteiger partial charge in [-0.15, -0.1) is 0 Å². The van der Waals surface area contributed by atoms with Gasteiger partial charge in [-0.3, -0.25) is 14.4 Å². The van der Waals surface area contributed by atoms with Crippen LogP contribution in [0.15, 0.2) is 0 Å². The number of hydrogen-bond donors (Lipinski definition) is 3. The Labute approximate surface area is 57.7 Å². The maximum atomic E-state index is 10.3.